The third-order valence-corrected chi connectivity index (χ3v) is 2.82. The molecule has 5 heteroatoms. The van der Waals surface area contributed by atoms with E-state index in [1.54, 1.807) is 7.05 Å². The topological polar surface area (TPSA) is 70.2 Å². The monoisotopic (exact) mass is 263 g/mol. The maximum atomic E-state index is 11.8. The van der Waals surface area contributed by atoms with E-state index >= 15 is 0 Å². The van der Waals surface area contributed by atoms with Gasteiger partial charge in [0.25, 0.3) is 0 Å². The van der Waals surface area contributed by atoms with Gasteiger partial charge in [0, 0.05) is 25.2 Å². The molecule has 1 unspecified atom stereocenters. The van der Waals surface area contributed by atoms with Gasteiger partial charge >= 0.3 is 0 Å². The van der Waals surface area contributed by atoms with Crippen LogP contribution in [0.2, 0.25) is 0 Å². The molecule has 0 fully saturated rings. The number of rotatable bonds is 6. The van der Waals surface area contributed by atoms with E-state index < -0.39 is 0 Å². The average molecular weight is 263 g/mol. The van der Waals surface area contributed by atoms with Crippen LogP contribution in [0.15, 0.2) is 24.3 Å². The van der Waals surface area contributed by atoms with E-state index in [2.05, 4.69) is 16.0 Å². The number of nitrogens with one attached hydrogen (secondary N) is 3. The first kappa shape index (κ1) is 15.2. The molecule has 0 aliphatic rings. The fraction of sp³-hybridized carbons (Fsp3) is 0.429. The first-order valence-electron chi connectivity index (χ1n) is 6.31. The van der Waals surface area contributed by atoms with E-state index in [0.29, 0.717) is 13.0 Å². The molecule has 0 heterocycles. The highest BCUT2D eigenvalue weighted by atomic mass is 16.2. The van der Waals surface area contributed by atoms with Crippen LogP contribution in [0.5, 0.6) is 0 Å². The molecule has 3 N–H and O–H groups in total. The zero-order chi connectivity index (χ0) is 14.3. The van der Waals surface area contributed by atoms with Gasteiger partial charge in [0.1, 0.15) is 0 Å². The molecule has 0 bridgehead atoms. The molecule has 0 aliphatic heterocycles. The van der Waals surface area contributed by atoms with Crippen molar-refractivity contribution < 1.29 is 9.59 Å². The van der Waals surface area contributed by atoms with Crippen molar-refractivity contribution in [3.8, 4) is 0 Å². The summed E-state index contributed by atoms with van der Waals surface area (Å²) in [5.74, 6) is -0.136. The highest BCUT2D eigenvalue weighted by Crippen LogP contribution is 2.11. The fourth-order valence-corrected chi connectivity index (χ4v) is 1.64. The second-order valence-electron chi connectivity index (χ2n) is 4.49. The second-order valence-corrected chi connectivity index (χ2v) is 4.49. The molecule has 1 aromatic rings. The van der Waals surface area contributed by atoms with Crippen molar-refractivity contribution in [1.29, 1.82) is 0 Å². The Morgan fingerprint density at radius 3 is 2.32 bits per heavy atom. The quantitative estimate of drug-likeness (QED) is 0.710. The number of likely N-dealkylation sites (N-methyl/N-ethyl adjacent to an activating group) is 1. The first-order chi connectivity index (χ1) is 9.06. The normalized spacial score (nSPS) is 11.7. The smallest absolute Gasteiger partial charge is 0.228 e. The minimum absolute atomic E-state index is 0.0200. The van der Waals surface area contributed by atoms with Crippen LogP contribution in [-0.4, -0.2) is 32.5 Å². The Morgan fingerprint density at radius 2 is 1.79 bits per heavy atom. The van der Waals surface area contributed by atoms with Gasteiger partial charge in [-0.2, -0.15) is 0 Å². The van der Waals surface area contributed by atoms with E-state index in [-0.39, 0.29) is 17.7 Å². The number of amides is 2. The molecule has 0 radical (unpaired) electrons. The Balaban J connectivity index is 2.57. The number of carbonyl (C=O) groups is 2. The van der Waals surface area contributed by atoms with Crippen molar-refractivity contribution in [2.75, 3.05) is 26.0 Å². The van der Waals surface area contributed by atoms with Crippen molar-refractivity contribution >= 4 is 17.5 Å². The summed E-state index contributed by atoms with van der Waals surface area (Å²) in [6, 6.07) is 7.30. The van der Waals surface area contributed by atoms with Crippen LogP contribution in [-0.2, 0) is 16.0 Å². The van der Waals surface area contributed by atoms with E-state index in [1.165, 1.54) is 0 Å². The molecule has 0 aromatic heterocycles. The lowest BCUT2D eigenvalue weighted by Crippen LogP contribution is -2.28. The highest BCUT2D eigenvalue weighted by Gasteiger charge is 2.11. The summed E-state index contributed by atoms with van der Waals surface area (Å²) >= 11 is 0. The Labute approximate surface area is 113 Å². The summed E-state index contributed by atoms with van der Waals surface area (Å²) in [5, 5.41) is 8.38. The Kier molecular flexibility index (Phi) is 6.02. The number of anilines is 1. The van der Waals surface area contributed by atoms with Gasteiger partial charge in [-0.1, -0.05) is 19.1 Å². The molecule has 0 saturated carbocycles. The van der Waals surface area contributed by atoms with Crippen LogP contribution < -0.4 is 16.0 Å². The fourth-order valence-electron chi connectivity index (χ4n) is 1.64. The molecule has 1 atom stereocenters. The SMILES string of the molecule is CNCC(C)C(=O)Nc1ccc(CC(=O)NC)cc1. The van der Waals surface area contributed by atoms with Gasteiger partial charge in [-0.3, -0.25) is 9.59 Å². The summed E-state index contributed by atoms with van der Waals surface area (Å²) in [6.45, 7) is 2.51. The lowest BCUT2D eigenvalue weighted by Gasteiger charge is -2.11. The van der Waals surface area contributed by atoms with Gasteiger partial charge in [0.05, 0.1) is 6.42 Å². The van der Waals surface area contributed by atoms with Gasteiger partial charge in [-0.05, 0) is 24.7 Å². The molecule has 1 rings (SSSR count). The van der Waals surface area contributed by atoms with Gasteiger partial charge in [0.2, 0.25) is 11.8 Å². The molecule has 0 spiro atoms. The van der Waals surface area contributed by atoms with E-state index in [9.17, 15) is 9.59 Å². The molecule has 5 nitrogen and oxygen atoms in total. The third kappa shape index (κ3) is 5.09. The minimum atomic E-state index is -0.0875. The lowest BCUT2D eigenvalue weighted by molar-refractivity contribution is -0.120. The van der Waals surface area contributed by atoms with Crippen LogP contribution in [0.1, 0.15) is 12.5 Å². The summed E-state index contributed by atoms with van der Waals surface area (Å²) in [4.78, 5) is 23.0. The maximum Gasteiger partial charge on any atom is 0.228 e. The molecule has 19 heavy (non-hydrogen) atoms. The molecule has 0 aliphatic carbocycles. The van der Waals surface area contributed by atoms with Crippen molar-refractivity contribution in [3.05, 3.63) is 29.8 Å². The molecule has 0 saturated heterocycles. The Morgan fingerprint density at radius 1 is 1.16 bits per heavy atom. The van der Waals surface area contributed by atoms with E-state index in [1.807, 2.05) is 38.2 Å². The second kappa shape index (κ2) is 7.53. The number of hydrogen-bond acceptors (Lipinski definition) is 3. The summed E-state index contributed by atoms with van der Waals surface area (Å²) in [6.07, 6.45) is 0.348. The highest BCUT2D eigenvalue weighted by molar-refractivity contribution is 5.92. The summed E-state index contributed by atoms with van der Waals surface area (Å²) in [7, 11) is 3.43. The van der Waals surface area contributed by atoms with Crippen LogP contribution in [0.25, 0.3) is 0 Å². The van der Waals surface area contributed by atoms with Gasteiger partial charge in [-0.15, -0.1) is 0 Å². The average Bonchev–Trinajstić information content (AvgIpc) is 2.41. The summed E-state index contributed by atoms with van der Waals surface area (Å²) in [5.41, 5.74) is 1.66. The first-order valence-corrected chi connectivity index (χ1v) is 6.31. The molecule has 104 valence electrons. The zero-order valence-corrected chi connectivity index (χ0v) is 11.6. The van der Waals surface area contributed by atoms with Gasteiger partial charge in [-0.25, -0.2) is 0 Å². The van der Waals surface area contributed by atoms with Crippen LogP contribution >= 0.6 is 0 Å². The van der Waals surface area contributed by atoms with E-state index in [4.69, 9.17) is 0 Å². The van der Waals surface area contributed by atoms with Crippen molar-refractivity contribution in [2.45, 2.75) is 13.3 Å². The van der Waals surface area contributed by atoms with Crippen LogP contribution in [0, 0.1) is 5.92 Å². The number of benzene rings is 1. The molecular formula is C14H21N3O2. The van der Waals surface area contributed by atoms with Gasteiger partial charge in [0.15, 0.2) is 0 Å². The predicted octanol–water partition coefficient (Wildman–Crippen LogP) is 0.769. The summed E-state index contributed by atoms with van der Waals surface area (Å²) < 4.78 is 0. The van der Waals surface area contributed by atoms with Crippen LogP contribution in [0.3, 0.4) is 0 Å². The predicted molar refractivity (Wildman–Crippen MR) is 75.9 cm³/mol. The molecule has 2 amide bonds. The van der Waals surface area contributed by atoms with Crippen molar-refractivity contribution in [3.63, 3.8) is 0 Å². The largest absolute Gasteiger partial charge is 0.359 e. The third-order valence-electron chi connectivity index (χ3n) is 2.82. The zero-order valence-electron chi connectivity index (χ0n) is 11.6. The van der Waals surface area contributed by atoms with Crippen molar-refractivity contribution in [1.82, 2.24) is 10.6 Å². The Bertz CT molecular complexity index is 429. The van der Waals surface area contributed by atoms with E-state index in [0.717, 1.165) is 11.3 Å². The Hall–Kier alpha value is -1.88. The standard InChI is InChI=1S/C14H21N3O2/c1-10(9-15-2)14(19)17-12-6-4-11(5-7-12)8-13(18)16-3/h4-7,10,15H,8-9H2,1-3H3,(H,16,18)(H,17,19). The molecular weight excluding hydrogens is 242 g/mol. The number of carbonyl (C=O) groups excluding carboxylic acids is 2. The van der Waals surface area contributed by atoms with Gasteiger partial charge < -0.3 is 16.0 Å². The lowest BCUT2D eigenvalue weighted by atomic mass is 10.1. The maximum absolute atomic E-state index is 11.8. The van der Waals surface area contributed by atoms with Crippen molar-refractivity contribution in [2.24, 2.45) is 5.92 Å². The van der Waals surface area contributed by atoms with Crippen LogP contribution in [0.4, 0.5) is 5.69 Å². The minimum Gasteiger partial charge on any atom is -0.359 e. The number of hydrogen-bond donors (Lipinski definition) is 3. The molecule has 1 aromatic carbocycles.